The van der Waals surface area contributed by atoms with E-state index in [1.54, 1.807) is 48.5 Å². The molecule has 2 heterocycles. The van der Waals surface area contributed by atoms with Gasteiger partial charge in [-0.15, -0.1) is 0 Å². The molecule has 0 bridgehead atoms. The first-order valence-electron chi connectivity index (χ1n) is 16.7. The molecule has 0 saturated carbocycles. The smallest absolute Gasteiger partial charge is 0.492 e. The first-order chi connectivity index (χ1) is 27.8. The molecule has 0 spiro atoms. The lowest BCUT2D eigenvalue weighted by molar-refractivity contribution is -0.385. The lowest BCUT2D eigenvalue weighted by Crippen LogP contribution is -2.31. The molecule has 58 heavy (non-hydrogen) atoms. The van der Waals surface area contributed by atoms with E-state index in [1.807, 2.05) is 0 Å². The summed E-state index contributed by atoms with van der Waals surface area (Å²) in [5.41, 5.74) is 3.61. The lowest BCUT2D eigenvalue weighted by Gasteiger charge is -2.10. The van der Waals surface area contributed by atoms with Crippen molar-refractivity contribution in [2.24, 2.45) is 0 Å². The fraction of sp³-hybridized carbons (Fsp3) is 0.158. The molecule has 0 atom stereocenters. The number of nitro groups is 2. The fourth-order valence-corrected chi connectivity index (χ4v) is 5.53. The third kappa shape index (κ3) is 11.6. The number of benzene rings is 4. The molecule has 0 unspecified atom stereocenters. The SMILES string of the molecule is COc1c(F)cccc1B(O)O.COc1ccc(Cc2cc(-c3cccc(F)c3OC)ncn2)cc1[N+](=O)[O-].COc1ccc(Cc2cc(Cl)ncn2)cc1[N+](=O)[O-]. The van der Waals surface area contributed by atoms with Crippen molar-refractivity contribution >= 4 is 35.6 Å². The van der Waals surface area contributed by atoms with Crippen molar-refractivity contribution in [3.05, 3.63) is 157 Å². The minimum atomic E-state index is -1.71. The van der Waals surface area contributed by atoms with Crippen LogP contribution in [0.1, 0.15) is 22.5 Å². The van der Waals surface area contributed by atoms with Gasteiger partial charge in [-0.05, 0) is 53.6 Å². The second-order valence-corrected chi connectivity index (χ2v) is 12.1. The predicted molar refractivity (Wildman–Crippen MR) is 209 cm³/mol. The maximum atomic E-state index is 13.9. The van der Waals surface area contributed by atoms with Gasteiger partial charge in [0.15, 0.2) is 34.6 Å². The number of nitrogens with zero attached hydrogens (tertiary/aromatic N) is 6. The molecular weight excluding hydrogens is 785 g/mol. The summed E-state index contributed by atoms with van der Waals surface area (Å²) >= 11 is 5.76. The largest absolute Gasteiger partial charge is 0.494 e. The molecule has 6 rings (SSSR count). The summed E-state index contributed by atoms with van der Waals surface area (Å²) in [6, 6.07) is 21.4. The summed E-state index contributed by atoms with van der Waals surface area (Å²) in [4.78, 5) is 37.4. The topological polar surface area (TPSA) is 215 Å². The highest BCUT2D eigenvalue weighted by Crippen LogP contribution is 2.32. The van der Waals surface area contributed by atoms with Gasteiger partial charge >= 0.3 is 18.5 Å². The van der Waals surface area contributed by atoms with Crippen LogP contribution in [0.5, 0.6) is 23.0 Å². The van der Waals surface area contributed by atoms with Crippen molar-refractivity contribution < 1.29 is 47.6 Å². The Bertz CT molecular complexity index is 2380. The monoisotopic (exact) mass is 818 g/mol. The summed E-state index contributed by atoms with van der Waals surface area (Å²) in [6.07, 6.45) is 3.51. The third-order valence-corrected chi connectivity index (χ3v) is 8.20. The van der Waals surface area contributed by atoms with E-state index >= 15 is 0 Å². The van der Waals surface area contributed by atoms with E-state index < -0.39 is 28.6 Å². The molecule has 0 saturated heterocycles. The van der Waals surface area contributed by atoms with Crippen molar-refractivity contribution in [3.8, 4) is 34.3 Å². The van der Waals surface area contributed by atoms with Gasteiger partial charge in [-0.2, -0.15) is 0 Å². The molecule has 0 amide bonds. The molecule has 0 aliphatic carbocycles. The summed E-state index contributed by atoms with van der Waals surface area (Å²) in [5, 5.41) is 40.0. The number of methoxy groups -OCH3 is 4. The molecule has 20 heteroatoms. The van der Waals surface area contributed by atoms with Gasteiger partial charge in [0.1, 0.15) is 17.8 Å². The van der Waals surface area contributed by atoms with Crippen molar-refractivity contribution in [3.63, 3.8) is 0 Å². The number of ether oxygens (including phenoxy) is 4. The Morgan fingerprint density at radius 1 is 0.655 bits per heavy atom. The first-order valence-corrected chi connectivity index (χ1v) is 17.1. The van der Waals surface area contributed by atoms with Crippen molar-refractivity contribution in [2.45, 2.75) is 12.8 Å². The van der Waals surface area contributed by atoms with E-state index in [1.165, 1.54) is 77.5 Å². The number of rotatable bonds is 12. The zero-order chi connectivity index (χ0) is 42.4. The van der Waals surface area contributed by atoms with Crippen LogP contribution in [-0.4, -0.2) is 75.4 Å². The maximum absolute atomic E-state index is 13.9. The zero-order valence-corrected chi connectivity index (χ0v) is 32.0. The average molecular weight is 819 g/mol. The molecule has 0 aliphatic heterocycles. The quantitative estimate of drug-likeness (QED) is 0.0632. The molecule has 300 valence electrons. The molecule has 16 nitrogen and oxygen atoms in total. The van der Waals surface area contributed by atoms with Crippen LogP contribution in [0.15, 0.2) is 97.6 Å². The Balaban J connectivity index is 0.000000209. The second kappa shape index (κ2) is 20.9. The van der Waals surface area contributed by atoms with Gasteiger partial charge < -0.3 is 29.0 Å². The number of para-hydroxylation sites is 2. The van der Waals surface area contributed by atoms with E-state index in [-0.39, 0.29) is 39.8 Å². The molecule has 2 N–H and O–H groups in total. The molecule has 6 aromatic rings. The minimum Gasteiger partial charge on any atom is -0.494 e. The first kappa shape index (κ1) is 43.9. The van der Waals surface area contributed by atoms with Crippen LogP contribution in [0.25, 0.3) is 11.3 Å². The highest BCUT2D eigenvalue weighted by Gasteiger charge is 2.20. The van der Waals surface area contributed by atoms with Gasteiger partial charge in [0.05, 0.1) is 44.0 Å². The number of hydrogen-bond donors (Lipinski definition) is 2. The van der Waals surface area contributed by atoms with Gasteiger partial charge in [0.2, 0.25) is 0 Å². The lowest BCUT2D eigenvalue weighted by atomic mass is 9.79. The number of halogens is 3. The fourth-order valence-electron chi connectivity index (χ4n) is 5.37. The summed E-state index contributed by atoms with van der Waals surface area (Å²) in [6.45, 7) is 0. The van der Waals surface area contributed by atoms with Crippen molar-refractivity contribution in [1.29, 1.82) is 0 Å². The van der Waals surface area contributed by atoms with Crippen molar-refractivity contribution in [1.82, 2.24) is 19.9 Å². The van der Waals surface area contributed by atoms with E-state index in [9.17, 15) is 29.0 Å². The van der Waals surface area contributed by atoms with E-state index in [2.05, 4.69) is 24.7 Å². The number of hydrogen-bond acceptors (Lipinski definition) is 14. The van der Waals surface area contributed by atoms with Gasteiger partial charge in [-0.25, -0.2) is 28.7 Å². The van der Waals surface area contributed by atoms with Crippen LogP contribution < -0.4 is 24.4 Å². The van der Waals surface area contributed by atoms with Gasteiger partial charge in [-0.3, -0.25) is 20.2 Å². The third-order valence-electron chi connectivity index (χ3n) is 7.99. The van der Waals surface area contributed by atoms with Gasteiger partial charge in [0, 0.05) is 47.4 Å². The van der Waals surface area contributed by atoms with Gasteiger partial charge in [-0.1, -0.05) is 41.9 Å². The Morgan fingerprint density at radius 2 is 1.16 bits per heavy atom. The van der Waals surface area contributed by atoms with Crippen molar-refractivity contribution in [2.75, 3.05) is 28.4 Å². The number of aromatic nitrogens is 4. The molecule has 0 aliphatic rings. The van der Waals surface area contributed by atoms with Crippen LogP contribution in [0.4, 0.5) is 20.2 Å². The Hall–Kier alpha value is -6.83. The molecule has 4 aromatic carbocycles. The zero-order valence-electron chi connectivity index (χ0n) is 31.2. The summed E-state index contributed by atoms with van der Waals surface area (Å²) < 4.78 is 46.5. The molecule has 2 aromatic heterocycles. The van der Waals surface area contributed by atoms with E-state index in [0.717, 1.165) is 5.56 Å². The van der Waals surface area contributed by atoms with Crippen LogP contribution in [0.3, 0.4) is 0 Å². The summed E-state index contributed by atoms with van der Waals surface area (Å²) in [7, 11) is 3.72. The van der Waals surface area contributed by atoms with E-state index in [4.69, 9.17) is 35.9 Å². The molecule has 0 fully saturated rings. The van der Waals surface area contributed by atoms with Crippen LogP contribution >= 0.6 is 11.6 Å². The minimum absolute atomic E-state index is 0.0255. The highest BCUT2D eigenvalue weighted by molar-refractivity contribution is 6.59. The van der Waals surface area contributed by atoms with Crippen LogP contribution in [-0.2, 0) is 12.8 Å². The Labute approximate surface area is 335 Å². The predicted octanol–water partition coefficient (Wildman–Crippen LogP) is 5.95. The second-order valence-electron chi connectivity index (χ2n) is 11.7. The normalized spacial score (nSPS) is 10.2. The van der Waals surface area contributed by atoms with Crippen LogP contribution in [0.2, 0.25) is 5.15 Å². The number of nitro benzene ring substituents is 2. The molecule has 0 radical (unpaired) electrons. The van der Waals surface area contributed by atoms with E-state index in [0.29, 0.717) is 46.2 Å². The van der Waals surface area contributed by atoms with Crippen LogP contribution in [0, 0.1) is 31.9 Å². The Kier molecular flexibility index (Phi) is 15.8. The highest BCUT2D eigenvalue weighted by atomic mass is 35.5. The van der Waals surface area contributed by atoms with Gasteiger partial charge in [0.25, 0.3) is 0 Å². The Morgan fingerprint density at radius 3 is 1.62 bits per heavy atom. The maximum Gasteiger partial charge on any atom is 0.492 e. The standard InChI is InChI=1S/C19H16FN3O4.C12H10ClN3O3.C7H8BFO3/c1-26-18-7-6-12(9-17(18)23(24)25)8-13-10-16(22-11-21-13)14-4-3-5-15(20)19(14)27-2;1-19-11-3-2-8(5-10(11)16(17)18)4-9-6-12(13)15-7-14-9;1-12-7-5(8(10)11)3-2-4-6(7)9/h3-7,9-11H,8H2,1-2H3;2-3,5-7H,4H2,1H3;2-4,10-11H,1H3. The average Bonchev–Trinajstić information content (AvgIpc) is 3.21. The molecular formula is C38H34BClF2N6O10. The summed E-state index contributed by atoms with van der Waals surface area (Å²) in [5.74, 6) is -0.704.